The Kier molecular flexibility index (Phi) is 5.74. The highest BCUT2D eigenvalue weighted by molar-refractivity contribution is 7.62. The van der Waals surface area contributed by atoms with Crippen molar-refractivity contribution in [3.05, 3.63) is 0 Å². The third-order valence-corrected chi connectivity index (χ3v) is 3.71. The molecular formula is C12H22NO5P. The molecule has 6 nitrogen and oxygen atoms in total. The van der Waals surface area contributed by atoms with E-state index in [0.29, 0.717) is 12.8 Å². The molecule has 1 rings (SSSR count). The molecule has 19 heavy (non-hydrogen) atoms. The highest BCUT2D eigenvalue weighted by atomic mass is 31.2. The molecule has 110 valence electrons. The summed E-state index contributed by atoms with van der Waals surface area (Å²) < 4.78 is 5.24. The Morgan fingerprint density at radius 2 is 2.16 bits per heavy atom. The minimum atomic E-state index is -2.61. The minimum Gasteiger partial charge on any atom is -0.391 e. The van der Waals surface area contributed by atoms with Gasteiger partial charge in [-0.25, -0.2) is 0 Å². The molecular weight excluding hydrogens is 269 g/mol. The second-order valence-corrected chi connectivity index (χ2v) is 7.37. The van der Waals surface area contributed by atoms with Gasteiger partial charge < -0.3 is 19.4 Å². The summed E-state index contributed by atoms with van der Waals surface area (Å²) in [6.45, 7) is 3.56. The van der Waals surface area contributed by atoms with E-state index in [1.807, 2.05) is 0 Å². The molecule has 1 aliphatic rings. The van der Waals surface area contributed by atoms with Gasteiger partial charge in [0.1, 0.15) is 13.1 Å². The Balaban J connectivity index is 2.61. The molecule has 1 saturated heterocycles. The second kappa shape index (κ2) is 6.66. The summed E-state index contributed by atoms with van der Waals surface area (Å²) in [4.78, 5) is 34.2. The van der Waals surface area contributed by atoms with E-state index in [0.717, 1.165) is 0 Å². The molecule has 0 aromatic carbocycles. The molecule has 7 heteroatoms. The molecule has 0 aromatic heterocycles. The number of aliphatic hydroxyl groups is 1. The molecule has 1 heterocycles. The van der Waals surface area contributed by atoms with Gasteiger partial charge >= 0.3 is 0 Å². The SMILES string of the molecule is C=P(C)(O)OCC1CC(O)CN1C(=O)CC(=O)CC. The van der Waals surface area contributed by atoms with Crippen LogP contribution in [0, 0.1) is 0 Å². The average Bonchev–Trinajstić information content (AvgIpc) is 2.67. The van der Waals surface area contributed by atoms with Gasteiger partial charge in [0.25, 0.3) is 0 Å². The zero-order valence-electron chi connectivity index (χ0n) is 11.4. The lowest BCUT2D eigenvalue weighted by atomic mass is 10.2. The summed E-state index contributed by atoms with van der Waals surface area (Å²) in [5.41, 5.74) is 0. The Bertz CT molecular complexity index is 392. The van der Waals surface area contributed by atoms with Crippen molar-refractivity contribution in [1.29, 1.82) is 0 Å². The molecule has 0 spiro atoms. The number of amides is 1. The Hall–Kier alpha value is -0.680. The Labute approximate surface area is 113 Å². The van der Waals surface area contributed by atoms with Crippen molar-refractivity contribution >= 4 is 25.3 Å². The molecule has 3 unspecified atom stereocenters. The van der Waals surface area contributed by atoms with Crippen LogP contribution in [0.2, 0.25) is 0 Å². The third-order valence-electron chi connectivity index (χ3n) is 3.00. The lowest BCUT2D eigenvalue weighted by molar-refractivity contribution is -0.136. The van der Waals surface area contributed by atoms with E-state index in [9.17, 15) is 19.6 Å². The largest absolute Gasteiger partial charge is 0.391 e. The fourth-order valence-corrected chi connectivity index (χ4v) is 2.49. The van der Waals surface area contributed by atoms with Gasteiger partial charge in [-0.1, -0.05) is 13.2 Å². The normalized spacial score (nSPS) is 26.2. The van der Waals surface area contributed by atoms with Crippen LogP contribution in [0.15, 0.2) is 0 Å². The molecule has 3 atom stereocenters. The van der Waals surface area contributed by atoms with Crippen molar-refractivity contribution in [2.45, 2.75) is 38.3 Å². The number of carbonyl (C=O) groups excluding carboxylic acids is 2. The van der Waals surface area contributed by atoms with E-state index in [1.54, 1.807) is 6.92 Å². The van der Waals surface area contributed by atoms with Crippen molar-refractivity contribution in [1.82, 2.24) is 4.90 Å². The van der Waals surface area contributed by atoms with Gasteiger partial charge in [-0.05, 0) is 6.42 Å². The van der Waals surface area contributed by atoms with Gasteiger partial charge in [-0.2, -0.15) is 0 Å². The first-order valence-corrected chi connectivity index (χ1v) is 8.59. The van der Waals surface area contributed by atoms with Crippen LogP contribution in [-0.2, 0) is 14.1 Å². The zero-order valence-corrected chi connectivity index (χ0v) is 12.3. The highest BCUT2D eigenvalue weighted by Gasteiger charge is 2.35. The second-order valence-electron chi connectivity index (χ2n) is 5.01. The molecule has 0 saturated carbocycles. The maximum atomic E-state index is 12.0. The number of aliphatic hydroxyl groups excluding tert-OH is 1. The van der Waals surface area contributed by atoms with Crippen molar-refractivity contribution in [3.8, 4) is 0 Å². The van der Waals surface area contributed by atoms with Crippen molar-refractivity contribution in [3.63, 3.8) is 0 Å². The van der Waals surface area contributed by atoms with E-state index in [4.69, 9.17) is 4.52 Å². The fraction of sp³-hybridized carbons (Fsp3) is 0.750. The van der Waals surface area contributed by atoms with Crippen LogP contribution < -0.4 is 0 Å². The van der Waals surface area contributed by atoms with Crippen LogP contribution in [0.5, 0.6) is 0 Å². The number of nitrogens with zero attached hydrogens (tertiary/aromatic N) is 1. The summed E-state index contributed by atoms with van der Waals surface area (Å²) in [5.74, 6) is -0.415. The average molecular weight is 291 g/mol. The highest BCUT2D eigenvalue weighted by Crippen LogP contribution is 2.37. The molecule has 0 aliphatic carbocycles. The standard InChI is InChI=1S/C12H22NO5P/c1-4-10(14)6-12(16)13-7-11(15)5-9(13)8-18-19(2,3)17/h9,11,15,17H,2,4-8H2,1,3H3. The number of Topliss-reactive ketones (excluding diaryl/α,β-unsaturated/α-hetero) is 1. The van der Waals surface area contributed by atoms with Crippen LogP contribution in [-0.4, -0.2) is 64.9 Å². The predicted octanol–water partition coefficient (Wildman–Crippen LogP) is 0.236. The quantitative estimate of drug-likeness (QED) is 0.540. The van der Waals surface area contributed by atoms with Crippen LogP contribution >= 0.6 is 7.34 Å². The van der Waals surface area contributed by atoms with Gasteiger partial charge in [0, 0.05) is 19.6 Å². The van der Waals surface area contributed by atoms with Gasteiger partial charge in [0.05, 0.1) is 25.2 Å². The monoisotopic (exact) mass is 291 g/mol. The number of rotatable bonds is 6. The molecule has 1 aliphatic heterocycles. The first-order valence-electron chi connectivity index (χ1n) is 6.30. The Morgan fingerprint density at radius 3 is 2.68 bits per heavy atom. The van der Waals surface area contributed by atoms with E-state index >= 15 is 0 Å². The van der Waals surface area contributed by atoms with Gasteiger partial charge in [0.2, 0.25) is 5.91 Å². The number of hydrogen-bond donors (Lipinski definition) is 2. The zero-order chi connectivity index (χ0) is 14.6. The van der Waals surface area contributed by atoms with E-state index in [-0.39, 0.29) is 37.3 Å². The maximum absolute atomic E-state index is 12.0. The van der Waals surface area contributed by atoms with E-state index < -0.39 is 13.4 Å². The maximum Gasteiger partial charge on any atom is 0.230 e. The van der Waals surface area contributed by atoms with Crippen LogP contribution in [0.3, 0.4) is 0 Å². The topological polar surface area (TPSA) is 87.1 Å². The van der Waals surface area contributed by atoms with Crippen LogP contribution in [0.4, 0.5) is 0 Å². The summed E-state index contributed by atoms with van der Waals surface area (Å²) >= 11 is 0. The fourth-order valence-electron chi connectivity index (χ4n) is 2.00. The summed E-state index contributed by atoms with van der Waals surface area (Å²) in [6.07, 6.45) is 3.47. The molecule has 0 bridgehead atoms. The van der Waals surface area contributed by atoms with E-state index in [1.165, 1.54) is 11.6 Å². The lowest BCUT2D eigenvalue weighted by Gasteiger charge is -2.25. The summed E-state index contributed by atoms with van der Waals surface area (Å²) in [5, 5.41) is 9.64. The van der Waals surface area contributed by atoms with Gasteiger partial charge in [0.15, 0.2) is 0 Å². The van der Waals surface area contributed by atoms with Crippen LogP contribution in [0.1, 0.15) is 26.2 Å². The number of ketones is 1. The molecule has 1 fully saturated rings. The van der Waals surface area contributed by atoms with Crippen molar-refractivity contribution < 1.29 is 24.1 Å². The molecule has 0 aromatic rings. The predicted molar refractivity (Wildman–Crippen MR) is 74.2 cm³/mol. The third kappa shape index (κ3) is 5.45. The minimum absolute atomic E-state index is 0.122. The Morgan fingerprint density at radius 1 is 1.53 bits per heavy atom. The van der Waals surface area contributed by atoms with Crippen molar-refractivity contribution in [2.75, 3.05) is 19.8 Å². The van der Waals surface area contributed by atoms with Gasteiger partial charge in [-0.15, -0.1) is 0 Å². The molecule has 2 N–H and O–H groups in total. The first kappa shape index (κ1) is 16.4. The number of likely N-dealkylation sites (tertiary alicyclic amines) is 1. The number of β-amino-alcohol motifs (C(OH)–C–C–N with tert-alkyl or cyclic N) is 1. The molecule has 0 radical (unpaired) electrons. The van der Waals surface area contributed by atoms with Crippen LogP contribution in [0.25, 0.3) is 0 Å². The first-order chi connectivity index (χ1) is 8.73. The smallest absolute Gasteiger partial charge is 0.230 e. The number of carbonyl (C=O) groups is 2. The summed E-state index contributed by atoms with van der Waals surface area (Å²) in [6, 6.07) is -0.305. The van der Waals surface area contributed by atoms with Crippen molar-refractivity contribution in [2.24, 2.45) is 0 Å². The molecule has 1 amide bonds. The summed E-state index contributed by atoms with van der Waals surface area (Å²) in [7, 11) is -2.61. The van der Waals surface area contributed by atoms with Gasteiger partial charge in [-0.3, -0.25) is 9.59 Å². The lowest BCUT2D eigenvalue weighted by Crippen LogP contribution is -2.39. The number of hydrogen-bond acceptors (Lipinski definition) is 5. The van der Waals surface area contributed by atoms with E-state index in [2.05, 4.69) is 6.30 Å².